The number of hydrogen-bond donors (Lipinski definition) is 1. The number of allylic oxidation sites excluding steroid dienone is 4. The third kappa shape index (κ3) is 3.99. The van der Waals surface area contributed by atoms with E-state index >= 15 is 0 Å². The van der Waals surface area contributed by atoms with Gasteiger partial charge in [-0.3, -0.25) is 9.79 Å². The number of carbonyl (C=O) groups is 2. The van der Waals surface area contributed by atoms with Crippen LogP contribution in [0, 0.1) is 5.92 Å². The number of aromatic carboxylic acids is 1. The Bertz CT molecular complexity index is 641. The molecule has 0 saturated carbocycles. The van der Waals surface area contributed by atoms with Gasteiger partial charge >= 0.3 is 5.97 Å². The lowest BCUT2D eigenvalue weighted by atomic mass is 9.91. The van der Waals surface area contributed by atoms with E-state index < -0.39 is 5.97 Å². The van der Waals surface area contributed by atoms with E-state index in [1.54, 1.807) is 36.6 Å². The molecule has 0 aromatic heterocycles. The molecule has 4 nitrogen and oxygen atoms in total. The van der Waals surface area contributed by atoms with Gasteiger partial charge in [0.2, 0.25) is 0 Å². The molecule has 1 aromatic rings. The number of hydrogen-bond acceptors (Lipinski definition) is 3. The van der Waals surface area contributed by atoms with Gasteiger partial charge in [-0.15, -0.1) is 0 Å². The predicted molar refractivity (Wildman–Crippen MR) is 82.2 cm³/mol. The third-order valence-electron chi connectivity index (χ3n) is 3.43. The smallest absolute Gasteiger partial charge is 0.337 e. The summed E-state index contributed by atoms with van der Waals surface area (Å²) in [7, 11) is 0. The number of benzene rings is 1. The summed E-state index contributed by atoms with van der Waals surface area (Å²) in [4.78, 5) is 26.7. The van der Waals surface area contributed by atoms with E-state index in [4.69, 9.17) is 5.11 Å². The Kier molecular flexibility index (Phi) is 4.82. The Morgan fingerprint density at radius 1 is 1.43 bits per heavy atom. The maximum Gasteiger partial charge on any atom is 0.337 e. The van der Waals surface area contributed by atoms with Crippen LogP contribution in [0.15, 0.2) is 53.1 Å². The average molecular weight is 283 g/mol. The van der Waals surface area contributed by atoms with Crippen LogP contribution in [-0.4, -0.2) is 23.1 Å². The number of carbonyl (C=O) groups excluding carboxylic acids is 1. The molecule has 0 spiro atoms. The lowest BCUT2D eigenvalue weighted by Gasteiger charge is -2.14. The molecule has 108 valence electrons. The minimum Gasteiger partial charge on any atom is -0.478 e. The molecule has 2 rings (SSSR count). The van der Waals surface area contributed by atoms with Crippen molar-refractivity contribution in [1.29, 1.82) is 0 Å². The zero-order chi connectivity index (χ0) is 15.2. The normalized spacial score (nSPS) is 16.0. The summed E-state index contributed by atoms with van der Waals surface area (Å²) in [6, 6.07) is 6.65. The van der Waals surface area contributed by atoms with Crippen molar-refractivity contribution < 1.29 is 14.7 Å². The van der Waals surface area contributed by atoms with E-state index in [-0.39, 0.29) is 17.3 Å². The van der Waals surface area contributed by atoms with Gasteiger partial charge in [-0.1, -0.05) is 36.8 Å². The van der Waals surface area contributed by atoms with Crippen molar-refractivity contribution in [2.45, 2.75) is 19.8 Å². The fourth-order valence-corrected chi connectivity index (χ4v) is 2.16. The monoisotopic (exact) mass is 283 g/mol. The minimum absolute atomic E-state index is 0.118. The lowest BCUT2D eigenvalue weighted by molar-refractivity contribution is -0.114. The first-order valence-corrected chi connectivity index (χ1v) is 6.82. The maximum atomic E-state index is 11.4. The highest BCUT2D eigenvalue weighted by molar-refractivity contribution is 5.94. The predicted octanol–water partition coefficient (Wildman–Crippen LogP) is 3.57. The zero-order valence-corrected chi connectivity index (χ0v) is 11.8. The van der Waals surface area contributed by atoms with Crippen LogP contribution in [0.4, 0.5) is 5.69 Å². The first-order valence-electron chi connectivity index (χ1n) is 6.82. The van der Waals surface area contributed by atoms with Gasteiger partial charge < -0.3 is 5.11 Å². The standard InChI is InChI=1S/C17H17NO3/c1-12(13-5-4-6-14(19)11-13)9-10-18-16-8-3-2-7-15(16)17(20)21/h2-8,10,12H,9,11H2,1H3,(H,20,21). The van der Waals surface area contributed by atoms with Crippen molar-refractivity contribution in [3.05, 3.63) is 53.6 Å². The Balaban J connectivity index is 2.03. The van der Waals surface area contributed by atoms with Crippen LogP contribution in [0.1, 0.15) is 30.1 Å². The van der Waals surface area contributed by atoms with Crippen molar-refractivity contribution in [2.75, 3.05) is 0 Å². The zero-order valence-electron chi connectivity index (χ0n) is 11.8. The van der Waals surface area contributed by atoms with Crippen molar-refractivity contribution in [3.63, 3.8) is 0 Å². The third-order valence-corrected chi connectivity index (χ3v) is 3.43. The first kappa shape index (κ1) is 14.9. The van der Waals surface area contributed by atoms with Crippen molar-refractivity contribution in [1.82, 2.24) is 0 Å². The summed E-state index contributed by atoms with van der Waals surface area (Å²) < 4.78 is 0. The molecule has 0 saturated heterocycles. The van der Waals surface area contributed by atoms with E-state index in [1.165, 1.54) is 6.07 Å². The van der Waals surface area contributed by atoms with Crippen LogP contribution in [0.3, 0.4) is 0 Å². The molecule has 1 atom stereocenters. The molecule has 0 aliphatic heterocycles. The van der Waals surface area contributed by atoms with Gasteiger partial charge in [-0.2, -0.15) is 0 Å². The number of nitrogens with zero attached hydrogens (tertiary/aromatic N) is 1. The Morgan fingerprint density at radius 2 is 2.19 bits per heavy atom. The Hall–Kier alpha value is -2.49. The SMILES string of the molecule is CC(CC=Nc1ccccc1C(=O)O)C1=CC=CC(=O)C1. The van der Waals surface area contributed by atoms with Crippen LogP contribution in [0.2, 0.25) is 0 Å². The van der Waals surface area contributed by atoms with Gasteiger partial charge in [0.15, 0.2) is 5.78 Å². The van der Waals surface area contributed by atoms with E-state index in [9.17, 15) is 9.59 Å². The van der Waals surface area contributed by atoms with Gasteiger partial charge in [0, 0.05) is 12.6 Å². The molecule has 1 aromatic carbocycles. The number of carboxylic acid groups (broad SMARTS) is 1. The summed E-state index contributed by atoms with van der Waals surface area (Å²) in [6.45, 7) is 2.04. The second-order valence-electron chi connectivity index (χ2n) is 5.01. The van der Waals surface area contributed by atoms with Gasteiger partial charge in [0.25, 0.3) is 0 Å². The molecule has 4 heteroatoms. The largest absolute Gasteiger partial charge is 0.478 e. The topological polar surface area (TPSA) is 66.7 Å². The number of carboxylic acids is 1. The summed E-state index contributed by atoms with van der Waals surface area (Å²) in [6.07, 6.45) is 8.15. The molecular weight excluding hydrogens is 266 g/mol. The van der Waals surface area contributed by atoms with Crippen molar-refractivity contribution >= 4 is 23.7 Å². The van der Waals surface area contributed by atoms with E-state index in [0.29, 0.717) is 18.5 Å². The molecule has 0 bridgehead atoms. The molecule has 1 aliphatic carbocycles. The van der Waals surface area contributed by atoms with Crippen LogP contribution in [-0.2, 0) is 4.79 Å². The highest BCUT2D eigenvalue weighted by Gasteiger charge is 2.13. The Morgan fingerprint density at radius 3 is 2.90 bits per heavy atom. The number of rotatable bonds is 5. The number of para-hydroxylation sites is 1. The molecular formula is C17H17NO3. The van der Waals surface area contributed by atoms with Gasteiger partial charge in [-0.25, -0.2) is 4.79 Å². The van der Waals surface area contributed by atoms with Crippen LogP contribution >= 0.6 is 0 Å². The Labute approximate surface area is 123 Å². The van der Waals surface area contributed by atoms with Crippen LogP contribution < -0.4 is 0 Å². The molecule has 0 amide bonds. The van der Waals surface area contributed by atoms with Crippen molar-refractivity contribution in [3.8, 4) is 0 Å². The van der Waals surface area contributed by atoms with Gasteiger partial charge in [0.1, 0.15) is 0 Å². The average Bonchev–Trinajstić information content (AvgIpc) is 2.47. The summed E-state index contributed by atoms with van der Waals surface area (Å²) in [5.74, 6) is -0.659. The quantitative estimate of drug-likeness (QED) is 0.840. The molecule has 0 fully saturated rings. The molecule has 21 heavy (non-hydrogen) atoms. The highest BCUT2D eigenvalue weighted by atomic mass is 16.4. The number of ketones is 1. The maximum absolute atomic E-state index is 11.4. The van der Waals surface area contributed by atoms with E-state index in [1.807, 2.05) is 13.0 Å². The highest BCUT2D eigenvalue weighted by Crippen LogP contribution is 2.22. The fourth-order valence-electron chi connectivity index (χ4n) is 2.16. The summed E-state index contributed by atoms with van der Waals surface area (Å²) >= 11 is 0. The fraction of sp³-hybridized carbons (Fsp3) is 0.235. The summed E-state index contributed by atoms with van der Waals surface area (Å²) in [5, 5.41) is 9.08. The second-order valence-corrected chi connectivity index (χ2v) is 5.01. The molecule has 0 radical (unpaired) electrons. The van der Waals surface area contributed by atoms with Gasteiger partial charge in [-0.05, 0) is 30.5 Å². The second kappa shape index (κ2) is 6.79. The molecule has 1 N–H and O–H groups in total. The summed E-state index contributed by atoms with van der Waals surface area (Å²) in [5.41, 5.74) is 1.72. The molecule has 0 heterocycles. The van der Waals surface area contributed by atoms with E-state index in [0.717, 1.165) is 5.57 Å². The number of aliphatic imine (C=N–C) groups is 1. The van der Waals surface area contributed by atoms with E-state index in [2.05, 4.69) is 4.99 Å². The first-order chi connectivity index (χ1) is 10.1. The lowest BCUT2D eigenvalue weighted by Crippen LogP contribution is -2.07. The van der Waals surface area contributed by atoms with Crippen LogP contribution in [0.25, 0.3) is 0 Å². The molecule has 1 unspecified atom stereocenters. The minimum atomic E-state index is -0.985. The van der Waals surface area contributed by atoms with Crippen molar-refractivity contribution in [2.24, 2.45) is 10.9 Å². The van der Waals surface area contributed by atoms with Gasteiger partial charge in [0.05, 0.1) is 11.3 Å². The molecule has 1 aliphatic rings. The van der Waals surface area contributed by atoms with Crippen LogP contribution in [0.5, 0.6) is 0 Å².